The van der Waals surface area contributed by atoms with Gasteiger partial charge in [-0.05, 0) is 0 Å². The van der Waals surface area contributed by atoms with Crippen LogP contribution in [0.3, 0.4) is 0 Å². The van der Waals surface area contributed by atoms with Crippen LogP contribution in [0.1, 0.15) is 0 Å². The number of hydrogen-bond acceptors (Lipinski definition) is 2. The molecule has 0 saturated carbocycles. The second-order valence-electron chi connectivity index (χ2n) is 3.55. The van der Waals surface area contributed by atoms with Gasteiger partial charge in [-0.3, -0.25) is 0 Å². The Hall–Kier alpha value is -0.990. The molecule has 0 amide bonds. The van der Waals surface area contributed by atoms with Gasteiger partial charge in [-0.25, -0.2) is 13.2 Å². The lowest BCUT2D eigenvalue weighted by Gasteiger charge is -2.33. The van der Waals surface area contributed by atoms with Crippen LogP contribution in [0.25, 0.3) is 0 Å². The first-order chi connectivity index (χ1) is 9.43. The van der Waals surface area contributed by atoms with E-state index >= 15 is 0 Å². The predicted octanol–water partition coefficient (Wildman–Crippen LogP) is 4.13. The van der Waals surface area contributed by atoms with E-state index < -0.39 is 48.9 Å². The molecular weight excluding hydrogens is 361 g/mol. The number of alkyl halides is 13. The molecule has 134 valence electrons. The summed E-state index contributed by atoms with van der Waals surface area (Å²) in [4.78, 5) is -3.26. The average molecular weight is 365 g/mol. The Kier molecular flexibility index (Phi) is 5.97. The number of hydrogen-bond donors (Lipinski definition) is 0. The third kappa shape index (κ3) is 5.33. The number of rotatable bonds is 6. The van der Waals surface area contributed by atoms with Crippen molar-refractivity contribution in [2.75, 3.05) is 6.61 Å². The summed E-state index contributed by atoms with van der Waals surface area (Å²) in [5.41, 5.74) is 0. The molecular formula is C7H4F13NO. The summed E-state index contributed by atoms with van der Waals surface area (Å²) >= 11 is 0. The van der Waals surface area contributed by atoms with Crippen LogP contribution in [-0.4, -0.2) is 48.9 Å². The molecule has 1 unspecified atom stereocenters. The van der Waals surface area contributed by atoms with Crippen molar-refractivity contribution < 1.29 is 61.8 Å². The summed E-state index contributed by atoms with van der Waals surface area (Å²) in [5, 5.41) is 0. The zero-order chi connectivity index (χ0) is 18.1. The Bertz CT molecular complexity index is 346. The topological polar surface area (TPSA) is 12.5 Å². The van der Waals surface area contributed by atoms with Crippen molar-refractivity contribution in [1.29, 1.82) is 0 Å². The Balaban J connectivity index is 5.25. The molecule has 22 heavy (non-hydrogen) atoms. The molecule has 0 spiro atoms. The Morgan fingerprint density at radius 3 is 1.36 bits per heavy atom. The van der Waals surface area contributed by atoms with E-state index in [4.69, 9.17) is 0 Å². The van der Waals surface area contributed by atoms with Crippen molar-refractivity contribution in [1.82, 2.24) is 4.90 Å². The largest absolute Gasteiger partial charge is 0.469 e. The summed E-state index contributed by atoms with van der Waals surface area (Å²) in [5.74, 6) is -5.34. The van der Waals surface area contributed by atoms with Gasteiger partial charge in [-0.1, -0.05) is 4.90 Å². The van der Waals surface area contributed by atoms with Crippen LogP contribution in [0, 0.1) is 0 Å². The fourth-order valence-electron chi connectivity index (χ4n) is 0.875. The van der Waals surface area contributed by atoms with Gasteiger partial charge in [0.25, 0.3) is 6.30 Å². The van der Waals surface area contributed by atoms with Crippen molar-refractivity contribution in [2.24, 2.45) is 0 Å². The van der Waals surface area contributed by atoms with Crippen molar-refractivity contribution in [3.05, 3.63) is 0 Å². The summed E-state index contributed by atoms with van der Waals surface area (Å²) in [7, 11) is 0. The van der Waals surface area contributed by atoms with Crippen molar-refractivity contribution >= 4 is 0 Å². The molecule has 2 nitrogen and oxygen atoms in total. The van der Waals surface area contributed by atoms with Gasteiger partial charge in [-0.2, -0.15) is 43.9 Å². The molecule has 0 aliphatic heterocycles. The third-order valence-corrected chi connectivity index (χ3v) is 1.83. The molecule has 0 rings (SSSR count). The Morgan fingerprint density at radius 1 is 0.727 bits per heavy atom. The van der Waals surface area contributed by atoms with E-state index in [1.807, 2.05) is 0 Å². The summed E-state index contributed by atoms with van der Waals surface area (Å²) < 4.78 is 160. The van der Waals surface area contributed by atoms with Crippen LogP contribution in [0.4, 0.5) is 57.1 Å². The summed E-state index contributed by atoms with van der Waals surface area (Å²) in [6.07, 6.45) is -29.5. The average Bonchev–Trinajstić information content (AvgIpc) is 2.22. The number of nitrogens with zero attached hydrogens (tertiary/aromatic N) is 1. The van der Waals surface area contributed by atoms with Gasteiger partial charge in [0.1, 0.15) is 6.61 Å². The van der Waals surface area contributed by atoms with Crippen molar-refractivity contribution in [3.8, 4) is 0 Å². The van der Waals surface area contributed by atoms with Gasteiger partial charge < -0.3 is 4.74 Å². The normalized spacial score (nSPS) is 16.5. The minimum atomic E-state index is -6.71. The molecule has 0 bridgehead atoms. The Labute approximate surface area is 112 Å². The lowest BCUT2D eigenvalue weighted by molar-refractivity contribution is -0.439. The van der Waals surface area contributed by atoms with Crippen LogP contribution in [0.15, 0.2) is 0 Å². The zero-order valence-corrected chi connectivity index (χ0v) is 9.63. The molecule has 0 aromatic carbocycles. The highest BCUT2D eigenvalue weighted by atomic mass is 19.4. The van der Waals surface area contributed by atoms with Gasteiger partial charge >= 0.3 is 31.1 Å². The van der Waals surface area contributed by atoms with Gasteiger partial charge in [0.2, 0.25) is 0 Å². The standard InChI is InChI=1S/C7H4F13NO/c8-2(9)4(11,12)1-22-5(13,14)3(10)21(6(15,16)17)7(18,19)20/h2-3H,1H2. The van der Waals surface area contributed by atoms with E-state index in [1.165, 1.54) is 0 Å². The molecule has 0 heterocycles. The minimum absolute atomic E-state index is 2.51. The first kappa shape index (κ1) is 21.0. The lowest BCUT2D eigenvalue weighted by atomic mass is 10.4. The van der Waals surface area contributed by atoms with E-state index in [0.29, 0.717) is 0 Å². The molecule has 0 fully saturated rings. The molecule has 0 aromatic rings. The van der Waals surface area contributed by atoms with E-state index in [1.54, 1.807) is 0 Å². The highest BCUT2D eigenvalue weighted by Gasteiger charge is 2.65. The SMILES string of the molecule is FC(F)C(F)(F)COC(F)(F)C(F)N(C(F)(F)F)C(F)(F)F. The summed E-state index contributed by atoms with van der Waals surface area (Å²) in [6, 6.07) is 0. The maximum absolute atomic E-state index is 12.8. The van der Waals surface area contributed by atoms with Gasteiger partial charge in [0.05, 0.1) is 0 Å². The van der Waals surface area contributed by atoms with Crippen LogP contribution < -0.4 is 0 Å². The maximum atomic E-state index is 12.8. The maximum Gasteiger partial charge on any atom is 0.469 e. The Morgan fingerprint density at radius 2 is 1.09 bits per heavy atom. The molecule has 0 aromatic heterocycles. The first-order valence-corrected chi connectivity index (χ1v) is 4.67. The molecule has 0 aliphatic carbocycles. The van der Waals surface area contributed by atoms with E-state index in [9.17, 15) is 57.1 Å². The van der Waals surface area contributed by atoms with Crippen molar-refractivity contribution in [2.45, 2.75) is 37.4 Å². The second kappa shape index (κ2) is 6.25. The van der Waals surface area contributed by atoms with E-state index in [-0.39, 0.29) is 0 Å². The van der Waals surface area contributed by atoms with Gasteiger partial charge in [0, 0.05) is 0 Å². The zero-order valence-electron chi connectivity index (χ0n) is 9.63. The minimum Gasteiger partial charge on any atom is -0.310 e. The van der Waals surface area contributed by atoms with Crippen LogP contribution in [-0.2, 0) is 4.74 Å². The van der Waals surface area contributed by atoms with Crippen molar-refractivity contribution in [3.63, 3.8) is 0 Å². The smallest absolute Gasteiger partial charge is 0.310 e. The monoisotopic (exact) mass is 365 g/mol. The quantitative estimate of drug-likeness (QED) is 0.519. The molecule has 0 radical (unpaired) electrons. The fraction of sp³-hybridized carbons (Fsp3) is 1.00. The molecule has 1 atom stereocenters. The molecule has 15 heteroatoms. The first-order valence-electron chi connectivity index (χ1n) is 4.67. The second-order valence-corrected chi connectivity index (χ2v) is 3.55. The number of ether oxygens (including phenoxy) is 1. The molecule has 0 N–H and O–H groups in total. The van der Waals surface area contributed by atoms with E-state index in [0.717, 1.165) is 0 Å². The summed E-state index contributed by atoms with van der Waals surface area (Å²) in [6.45, 7) is -3.01. The highest BCUT2D eigenvalue weighted by molar-refractivity contribution is 4.77. The third-order valence-electron chi connectivity index (χ3n) is 1.83. The van der Waals surface area contributed by atoms with Gasteiger partial charge in [0.15, 0.2) is 0 Å². The molecule has 0 saturated heterocycles. The fourth-order valence-corrected chi connectivity index (χ4v) is 0.875. The van der Waals surface area contributed by atoms with Crippen LogP contribution in [0.5, 0.6) is 0 Å². The van der Waals surface area contributed by atoms with E-state index in [2.05, 4.69) is 4.74 Å². The number of halogens is 13. The van der Waals surface area contributed by atoms with Crippen LogP contribution >= 0.6 is 0 Å². The highest BCUT2D eigenvalue weighted by Crippen LogP contribution is 2.41. The predicted molar refractivity (Wildman–Crippen MR) is 40.7 cm³/mol. The van der Waals surface area contributed by atoms with Gasteiger partial charge in [-0.15, -0.1) is 0 Å². The van der Waals surface area contributed by atoms with Crippen LogP contribution in [0.2, 0.25) is 0 Å². The lowest BCUT2D eigenvalue weighted by Crippen LogP contribution is -2.59. The molecule has 0 aliphatic rings.